The zero-order valence-electron chi connectivity index (χ0n) is 12.2. The molecule has 23 heavy (non-hydrogen) atoms. The lowest BCUT2D eigenvalue weighted by Crippen LogP contribution is -1.98. The second-order valence-electron chi connectivity index (χ2n) is 5.05. The van der Waals surface area contributed by atoms with E-state index in [0.29, 0.717) is 15.3 Å². The Morgan fingerprint density at radius 2 is 2.00 bits per heavy atom. The summed E-state index contributed by atoms with van der Waals surface area (Å²) in [6.45, 7) is 1.92. The second-order valence-corrected chi connectivity index (χ2v) is 6.86. The highest BCUT2D eigenvalue weighted by Gasteiger charge is 2.17. The van der Waals surface area contributed by atoms with E-state index >= 15 is 0 Å². The van der Waals surface area contributed by atoms with Crippen molar-refractivity contribution in [3.05, 3.63) is 40.2 Å². The third-order valence-corrected chi connectivity index (χ3v) is 4.94. The molecule has 3 aromatic heterocycles. The minimum atomic E-state index is -0.303. The Hall–Kier alpha value is -2.13. The summed E-state index contributed by atoms with van der Waals surface area (Å²) in [5.41, 5.74) is 2.56. The Labute approximate surface area is 142 Å². The first-order chi connectivity index (χ1) is 11.0. The molecule has 0 spiro atoms. The van der Waals surface area contributed by atoms with Crippen LogP contribution in [0.25, 0.3) is 27.1 Å². The van der Waals surface area contributed by atoms with Crippen LogP contribution in [0.1, 0.15) is 5.69 Å². The largest absolute Gasteiger partial charge is 0.264 e. The van der Waals surface area contributed by atoms with E-state index in [4.69, 9.17) is 0 Å². The van der Waals surface area contributed by atoms with Gasteiger partial charge in [-0.05, 0) is 47.1 Å². The summed E-state index contributed by atoms with van der Waals surface area (Å²) in [4.78, 5) is 0.675. The highest BCUT2D eigenvalue weighted by Crippen LogP contribution is 2.30. The van der Waals surface area contributed by atoms with Gasteiger partial charge in [-0.15, -0.1) is 10.2 Å². The Morgan fingerprint density at radius 1 is 1.17 bits per heavy atom. The lowest BCUT2D eigenvalue weighted by atomic mass is 10.2. The number of hydrogen-bond donors (Lipinski definition) is 0. The first-order valence-electron chi connectivity index (χ1n) is 6.71. The van der Waals surface area contributed by atoms with Crippen molar-refractivity contribution in [3.63, 3.8) is 0 Å². The first-order valence-corrected chi connectivity index (χ1v) is 8.32. The van der Waals surface area contributed by atoms with Crippen molar-refractivity contribution in [2.45, 2.75) is 6.92 Å². The van der Waals surface area contributed by atoms with E-state index < -0.39 is 0 Å². The molecule has 0 aliphatic heterocycles. The zero-order chi connectivity index (χ0) is 16.1. The fourth-order valence-electron chi connectivity index (χ4n) is 2.34. The highest BCUT2D eigenvalue weighted by atomic mass is 79.9. The molecule has 0 atom stereocenters. The average molecular weight is 393 g/mol. The third-order valence-electron chi connectivity index (χ3n) is 3.39. The summed E-state index contributed by atoms with van der Waals surface area (Å²) in [5.74, 6) is 0.328. The van der Waals surface area contributed by atoms with E-state index in [1.54, 1.807) is 21.3 Å². The van der Waals surface area contributed by atoms with E-state index in [-0.39, 0.29) is 5.82 Å². The molecule has 0 unspecified atom stereocenters. The quantitative estimate of drug-likeness (QED) is 0.523. The van der Waals surface area contributed by atoms with Crippen LogP contribution in [0.5, 0.6) is 0 Å². The van der Waals surface area contributed by atoms with E-state index in [1.807, 2.05) is 20.0 Å². The molecule has 6 nitrogen and oxygen atoms in total. The molecule has 0 N–H and O–H groups in total. The van der Waals surface area contributed by atoms with Gasteiger partial charge in [0.25, 0.3) is 0 Å². The smallest absolute Gasteiger partial charge is 0.235 e. The van der Waals surface area contributed by atoms with Crippen LogP contribution in [0.15, 0.2) is 28.7 Å². The Morgan fingerprint density at radius 3 is 2.70 bits per heavy atom. The monoisotopic (exact) mass is 392 g/mol. The zero-order valence-corrected chi connectivity index (χ0v) is 14.6. The predicted molar refractivity (Wildman–Crippen MR) is 88.7 cm³/mol. The van der Waals surface area contributed by atoms with Crippen molar-refractivity contribution in [1.82, 2.24) is 29.6 Å². The summed E-state index contributed by atoms with van der Waals surface area (Å²) < 4.78 is 17.2. The maximum atomic E-state index is 13.4. The van der Waals surface area contributed by atoms with Crippen molar-refractivity contribution in [3.8, 4) is 22.1 Å². The van der Waals surface area contributed by atoms with Crippen LogP contribution in [-0.4, -0.2) is 29.6 Å². The molecular formula is C14H10BrFN6S. The number of aryl methyl sites for hydroxylation is 2. The molecule has 9 heteroatoms. The van der Waals surface area contributed by atoms with Crippen LogP contribution in [-0.2, 0) is 7.05 Å². The van der Waals surface area contributed by atoms with Crippen LogP contribution in [0.4, 0.5) is 4.39 Å². The van der Waals surface area contributed by atoms with Gasteiger partial charge in [0.1, 0.15) is 16.5 Å². The summed E-state index contributed by atoms with van der Waals surface area (Å²) in [6, 6.07) is 6.74. The van der Waals surface area contributed by atoms with Gasteiger partial charge in [0.05, 0.1) is 10.2 Å². The summed E-state index contributed by atoms with van der Waals surface area (Å²) in [5, 5.41) is 18.0. The molecule has 0 bridgehead atoms. The summed E-state index contributed by atoms with van der Waals surface area (Å²) >= 11 is 4.60. The first kappa shape index (κ1) is 14.5. The standard InChI is InChI=1S/C14H10BrFN6S/c1-7-5-11(21(2)19-7)12-17-18-14-22(12)20-13(23-14)8-3-4-10(16)9(15)6-8/h3-6H,1-2H3. The van der Waals surface area contributed by atoms with Gasteiger partial charge in [-0.3, -0.25) is 4.68 Å². The predicted octanol–water partition coefficient (Wildman–Crippen LogP) is 3.46. The highest BCUT2D eigenvalue weighted by molar-refractivity contribution is 9.10. The minimum absolute atomic E-state index is 0.303. The lowest BCUT2D eigenvalue weighted by Gasteiger charge is -1.99. The molecular weight excluding hydrogens is 383 g/mol. The van der Waals surface area contributed by atoms with Crippen molar-refractivity contribution in [2.24, 2.45) is 7.05 Å². The van der Waals surface area contributed by atoms with Crippen LogP contribution < -0.4 is 0 Å². The molecule has 116 valence electrons. The van der Waals surface area contributed by atoms with Gasteiger partial charge in [-0.25, -0.2) is 4.39 Å². The third kappa shape index (κ3) is 2.36. The fraction of sp³-hybridized carbons (Fsp3) is 0.143. The van der Waals surface area contributed by atoms with E-state index in [0.717, 1.165) is 22.0 Å². The Balaban J connectivity index is 1.86. The van der Waals surface area contributed by atoms with Gasteiger partial charge < -0.3 is 0 Å². The fourth-order valence-corrected chi connectivity index (χ4v) is 3.56. The number of fused-ring (bicyclic) bond motifs is 1. The molecule has 4 aromatic rings. The molecule has 1 aromatic carbocycles. The van der Waals surface area contributed by atoms with Crippen molar-refractivity contribution in [1.29, 1.82) is 0 Å². The molecule has 3 heterocycles. The molecule has 0 aliphatic carbocycles. The Kier molecular flexibility index (Phi) is 3.27. The van der Waals surface area contributed by atoms with Gasteiger partial charge in [-0.2, -0.15) is 14.7 Å². The number of halogens is 2. The molecule has 4 rings (SSSR count). The molecule has 0 saturated heterocycles. The number of nitrogens with zero attached hydrogens (tertiary/aromatic N) is 6. The Bertz CT molecular complexity index is 1030. The van der Waals surface area contributed by atoms with Gasteiger partial charge in [0, 0.05) is 12.6 Å². The summed E-state index contributed by atoms with van der Waals surface area (Å²) in [7, 11) is 1.85. The van der Waals surface area contributed by atoms with Crippen LogP contribution >= 0.6 is 27.3 Å². The lowest BCUT2D eigenvalue weighted by molar-refractivity contribution is 0.621. The molecule has 0 radical (unpaired) electrons. The molecule has 0 amide bonds. The number of aromatic nitrogens is 6. The van der Waals surface area contributed by atoms with E-state index in [1.165, 1.54) is 17.4 Å². The van der Waals surface area contributed by atoms with Crippen LogP contribution in [0.3, 0.4) is 0 Å². The van der Waals surface area contributed by atoms with Crippen LogP contribution in [0.2, 0.25) is 0 Å². The average Bonchev–Trinajstić information content (AvgIpc) is 3.16. The normalized spacial score (nSPS) is 11.5. The second kappa shape index (κ2) is 5.20. The van der Waals surface area contributed by atoms with E-state index in [2.05, 4.69) is 36.3 Å². The van der Waals surface area contributed by atoms with Gasteiger partial charge >= 0.3 is 0 Å². The SMILES string of the molecule is Cc1cc(-c2nnc3sc(-c4ccc(F)c(Br)c4)nn23)n(C)n1. The number of rotatable bonds is 2. The minimum Gasteiger partial charge on any atom is -0.264 e. The van der Waals surface area contributed by atoms with Gasteiger partial charge in [0.15, 0.2) is 0 Å². The van der Waals surface area contributed by atoms with Gasteiger partial charge in [-0.1, -0.05) is 11.3 Å². The number of benzene rings is 1. The van der Waals surface area contributed by atoms with Crippen LogP contribution in [0, 0.1) is 12.7 Å². The molecule has 0 saturated carbocycles. The van der Waals surface area contributed by atoms with Crippen molar-refractivity contribution >= 4 is 32.2 Å². The summed E-state index contributed by atoms with van der Waals surface area (Å²) in [6.07, 6.45) is 0. The van der Waals surface area contributed by atoms with E-state index in [9.17, 15) is 4.39 Å². The number of hydrogen-bond acceptors (Lipinski definition) is 5. The topological polar surface area (TPSA) is 60.9 Å². The van der Waals surface area contributed by atoms with Gasteiger partial charge in [0.2, 0.25) is 10.8 Å². The maximum Gasteiger partial charge on any atom is 0.235 e. The molecule has 0 aliphatic rings. The van der Waals surface area contributed by atoms with Crippen molar-refractivity contribution in [2.75, 3.05) is 0 Å². The van der Waals surface area contributed by atoms with Crippen molar-refractivity contribution < 1.29 is 4.39 Å². The molecule has 0 fully saturated rings. The maximum absolute atomic E-state index is 13.4.